The summed E-state index contributed by atoms with van der Waals surface area (Å²) in [4.78, 5) is 0. The van der Waals surface area contributed by atoms with Crippen molar-refractivity contribution >= 4 is 0 Å². The van der Waals surface area contributed by atoms with E-state index in [0.29, 0.717) is 5.92 Å². The molecule has 1 aromatic carbocycles. The Morgan fingerprint density at radius 1 is 1.17 bits per heavy atom. The summed E-state index contributed by atoms with van der Waals surface area (Å²) >= 11 is 0. The molecule has 3 nitrogen and oxygen atoms in total. The first-order chi connectivity index (χ1) is 8.72. The van der Waals surface area contributed by atoms with Gasteiger partial charge in [-0.1, -0.05) is 38.1 Å². The van der Waals surface area contributed by atoms with Gasteiger partial charge in [0.2, 0.25) is 0 Å². The fourth-order valence-corrected chi connectivity index (χ4v) is 2.29. The van der Waals surface area contributed by atoms with E-state index in [-0.39, 0.29) is 6.04 Å². The highest BCUT2D eigenvalue weighted by Gasteiger charge is 2.17. The third-order valence-corrected chi connectivity index (χ3v) is 3.44. The SMILES string of the molecule is CC(C)c1ccc(C(NN)C2=COCCC2)cc1. The molecule has 3 heteroatoms. The molecule has 1 aromatic rings. The van der Waals surface area contributed by atoms with Crippen LogP contribution in [0.25, 0.3) is 0 Å². The number of ether oxygens (including phenoxy) is 1. The lowest BCUT2D eigenvalue weighted by atomic mass is 9.93. The largest absolute Gasteiger partial charge is 0.501 e. The molecular formula is C15H22N2O. The molecule has 0 saturated heterocycles. The van der Waals surface area contributed by atoms with E-state index in [2.05, 4.69) is 43.5 Å². The van der Waals surface area contributed by atoms with Crippen LogP contribution in [0, 0.1) is 0 Å². The van der Waals surface area contributed by atoms with Crippen molar-refractivity contribution in [1.82, 2.24) is 5.43 Å². The van der Waals surface area contributed by atoms with Crippen LogP contribution in [0.15, 0.2) is 36.1 Å². The number of benzene rings is 1. The van der Waals surface area contributed by atoms with Crippen LogP contribution in [-0.2, 0) is 4.74 Å². The fraction of sp³-hybridized carbons (Fsp3) is 0.467. The molecule has 0 bridgehead atoms. The number of nitrogens with two attached hydrogens (primary N) is 1. The summed E-state index contributed by atoms with van der Waals surface area (Å²) in [7, 11) is 0. The van der Waals surface area contributed by atoms with Gasteiger partial charge in [-0.3, -0.25) is 5.84 Å². The highest BCUT2D eigenvalue weighted by Crippen LogP contribution is 2.28. The standard InChI is InChI=1S/C15H22N2O/c1-11(2)12-5-7-13(8-6-12)15(17-16)14-4-3-9-18-10-14/h5-8,10-11,15,17H,3-4,9,16H2,1-2H3. The number of rotatable bonds is 4. The molecule has 0 saturated carbocycles. The minimum absolute atomic E-state index is 0.0616. The summed E-state index contributed by atoms with van der Waals surface area (Å²) in [5.74, 6) is 6.24. The van der Waals surface area contributed by atoms with Crippen LogP contribution in [0.2, 0.25) is 0 Å². The summed E-state index contributed by atoms with van der Waals surface area (Å²) in [6, 6.07) is 8.71. The second-order valence-electron chi connectivity index (χ2n) is 5.09. The van der Waals surface area contributed by atoms with Crippen LogP contribution in [0.3, 0.4) is 0 Å². The molecule has 1 unspecified atom stereocenters. The van der Waals surface area contributed by atoms with Crippen molar-refractivity contribution in [1.29, 1.82) is 0 Å². The molecule has 0 radical (unpaired) electrons. The topological polar surface area (TPSA) is 47.3 Å². The highest BCUT2D eigenvalue weighted by atomic mass is 16.5. The first kappa shape index (κ1) is 13.1. The molecule has 0 aromatic heterocycles. The molecule has 0 aliphatic carbocycles. The van der Waals surface area contributed by atoms with E-state index in [1.807, 2.05) is 6.26 Å². The highest BCUT2D eigenvalue weighted by molar-refractivity contribution is 5.31. The Balaban J connectivity index is 2.19. The zero-order valence-corrected chi connectivity index (χ0v) is 11.1. The second kappa shape index (κ2) is 6.03. The average molecular weight is 246 g/mol. The second-order valence-corrected chi connectivity index (χ2v) is 5.09. The summed E-state index contributed by atoms with van der Waals surface area (Å²) in [6.45, 7) is 5.21. The lowest BCUT2D eigenvalue weighted by molar-refractivity contribution is 0.219. The Kier molecular flexibility index (Phi) is 4.39. The maximum atomic E-state index is 5.69. The summed E-state index contributed by atoms with van der Waals surface area (Å²) < 4.78 is 5.39. The van der Waals surface area contributed by atoms with Crippen LogP contribution in [0.1, 0.15) is 49.8 Å². The van der Waals surface area contributed by atoms with E-state index in [1.165, 1.54) is 16.7 Å². The van der Waals surface area contributed by atoms with E-state index in [1.54, 1.807) is 0 Å². The van der Waals surface area contributed by atoms with Crippen molar-refractivity contribution in [3.05, 3.63) is 47.2 Å². The van der Waals surface area contributed by atoms with Crippen LogP contribution < -0.4 is 11.3 Å². The smallest absolute Gasteiger partial charge is 0.0876 e. The summed E-state index contributed by atoms with van der Waals surface area (Å²) in [5, 5.41) is 0. The third kappa shape index (κ3) is 2.92. The molecule has 2 rings (SSSR count). The number of hydrogen-bond donors (Lipinski definition) is 2. The Hall–Kier alpha value is -1.32. The monoisotopic (exact) mass is 246 g/mol. The maximum absolute atomic E-state index is 5.69. The first-order valence-electron chi connectivity index (χ1n) is 6.59. The predicted molar refractivity (Wildman–Crippen MR) is 73.9 cm³/mol. The van der Waals surface area contributed by atoms with E-state index < -0.39 is 0 Å². The van der Waals surface area contributed by atoms with Crippen LogP contribution >= 0.6 is 0 Å². The van der Waals surface area contributed by atoms with Crippen molar-refractivity contribution < 1.29 is 4.74 Å². The van der Waals surface area contributed by atoms with Crippen molar-refractivity contribution in [2.75, 3.05) is 6.61 Å². The number of hydrogen-bond acceptors (Lipinski definition) is 3. The molecule has 0 fully saturated rings. The zero-order chi connectivity index (χ0) is 13.0. The van der Waals surface area contributed by atoms with Gasteiger partial charge < -0.3 is 4.74 Å². The van der Waals surface area contributed by atoms with Gasteiger partial charge in [-0.15, -0.1) is 0 Å². The van der Waals surface area contributed by atoms with E-state index in [0.717, 1.165) is 19.4 Å². The van der Waals surface area contributed by atoms with Gasteiger partial charge in [0.1, 0.15) is 0 Å². The lowest BCUT2D eigenvalue weighted by Crippen LogP contribution is -2.30. The molecule has 0 amide bonds. The van der Waals surface area contributed by atoms with E-state index in [4.69, 9.17) is 10.6 Å². The Bertz CT molecular complexity index is 409. The van der Waals surface area contributed by atoms with Crippen LogP contribution in [0.4, 0.5) is 0 Å². The van der Waals surface area contributed by atoms with Gasteiger partial charge >= 0.3 is 0 Å². The summed E-state index contributed by atoms with van der Waals surface area (Å²) in [5.41, 5.74) is 6.66. The van der Waals surface area contributed by atoms with Gasteiger partial charge in [0.25, 0.3) is 0 Å². The van der Waals surface area contributed by atoms with E-state index in [9.17, 15) is 0 Å². The fourth-order valence-electron chi connectivity index (χ4n) is 2.29. The first-order valence-corrected chi connectivity index (χ1v) is 6.59. The van der Waals surface area contributed by atoms with Crippen molar-refractivity contribution in [2.45, 2.75) is 38.6 Å². The molecule has 0 spiro atoms. The zero-order valence-electron chi connectivity index (χ0n) is 11.1. The molecule has 3 N–H and O–H groups in total. The minimum atomic E-state index is 0.0616. The maximum Gasteiger partial charge on any atom is 0.0876 e. The third-order valence-electron chi connectivity index (χ3n) is 3.44. The number of nitrogens with one attached hydrogen (secondary N) is 1. The molecule has 1 aliphatic rings. The molecule has 98 valence electrons. The summed E-state index contributed by atoms with van der Waals surface area (Å²) in [6.07, 6.45) is 3.96. The van der Waals surface area contributed by atoms with Gasteiger partial charge in [0, 0.05) is 0 Å². The Labute approximate surface area is 109 Å². The molecular weight excluding hydrogens is 224 g/mol. The van der Waals surface area contributed by atoms with Crippen LogP contribution in [-0.4, -0.2) is 6.61 Å². The minimum Gasteiger partial charge on any atom is -0.501 e. The molecule has 1 heterocycles. The number of hydrazine groups is 1. The van der Waals surface area contributed by atoms with Crippen molar-refractivity contribution in [2.24, 2.45) is 5.84 Å². The molecule has 1 aliphatic heterocycles. The van der Waals surface area contributed by atoms with Gasteiger partial charge in [-0.05, 0) is 35.5 Å². The van der Waals surface area contributed by atoms with Gasteiger partial charge in [0.15, 0.2) is 0 Å². The lowest BCUT2D eigenvalue weighted by Gasteiger charge is -2.23. The van der Waals surface area contributed by atoms with Crippen molar-refractivity contribution in [3.8, 4) is 0 Å². The Morgan fingerprint density at radius 3 is 2.33 bits per heavy atom. The molecule has 18 heavy (non-hydrogen) atoms. The average Bonchev–Trinajstić information content (AvgIpc) is 2.41. The predicted octanol–water partition coefficient (Wildman–Crippen LogP) is 3.01. The molecule has 1 atom stereocenters. The normalized spacial score (nSPS) is 17.2. The van der Waals surface area contributed by atoms with E-state index >= 15 is 0 Å². The van der Waals surface area contributed by atoms with Crippen LogP contribution in [0.5, 0.6) is 0 Å². The van der Waals surface area contributed by atoms with Gasteiger partial charge in [0.05, 0.1) is 18.9 Å². The Morgan fingerprint density at radius 2 is 1.83 bits per heavy atom. The van der Waals surface area contributed by atoms with Gasteiger partial charge in [-0.2, -0.15) is 0 Å². The van der Waals surface area contributed by atoms with Crippen molar-refractivity contribution in [3.63, 3.8) is 0 Å². The van der Waals surface area contributed by atoms with Gasteiger partial charge in [-0.25, -0.2) is 5.43 Å². The quantitative estimate of drug-likeness (QED) is 0.634.